The molecule has 0 fully saturated rings. The van der Waals surface area contributed by atoms with Crippen LogP contribution >= 0.6 is 24.0 Å². The van der Waals surface area contributed by atoms with Crippen LogP contribution in [0.1, 0.15) is 28.6 Å². The van der Waals surface area contributed by atoms with Gasteiger partial charge in [0.2, 0.25) is 0 Å². The highest BCUT2D eigenvalue weighted by molar-refractivity contribution is 14.0. The lowest BCUT2D eigenvalue weighted by atomic mass is 10.2. The summed E-state index contributed by atoms with van der Waals surface area (Å²) in [5.74, 6) is -0.577. The lowest BCUT2D eigenvalue weighted by Gasteiger charge is -2.12. The lowest BCUT2D eigenvalue weighted by Crippen LogP contribution is -2.37. The van der Waals surface area contributed by atoms with Crippen molar-refractivity contribution in [1.82, 2.24) is 10.6 Å². The van der Waals surface area contributed by atoms with Crippen LogP contribution in [-0.2, 0) is 13.1 Å². The largest absolute Gasteiger partial charge is 0.459 e. The van der Waals surface area contributed by atoms with Crippen LogP contribution in [-0.4, -0.2) is 18.4 Å². The second-order valence-corrected chi connectivity index (χ2v) is 6.41. The van der Waals surface area contributed by atoms with Gasteiger partial charge in [-0.05, 0) is 55.0 Å². The fourth-order valence-corrected chi connectivity index (χ4v) is 2.66. The van der Waals surface area contributed by atoms with Crippen LogP contribution in [0.2, 0.25) is 0 Å². The summed E-state index contributed by atoms with van der Waals surface area (Å²) in [5.41, 5.74) is 1.77. The Kier molecular flexibility index (Phi) is 9.44. The molecule has 0 atom stereocenters. The summed E-state index contributed by atoms with van der Waals surface area (Å²) in [6.07, 6.45) is 1.44. The van der Waals surface area contributed by atoms with Gasteiger partial charge in [-0.3, -0.25) is 4.79 Å². The van der Waals surface area contributed by atoms with E-state index < -0.39 is 11.6 Å². The van der Waals surface area contributed by atoms with Crippen molar-refractivity contribution in [1.29, 1.82) is 0 Å². The molecule has 0 radical (unpaired) electrons. The Morgan fingerprint density at radius 2 is 1.84 bits per heavy atom. The van der Waals surface area contributed by atoms with Crippen molar-refractivity contribution in [2.24, 2.45) is 4.99 Å². The maximum absolute atomic E-state index is 13.8. The number of guanidine groups is 1. The number of nitrogens with one attached hydrogen (secondary N) is 3. The van der Waals surface area contributed by atoms with Crippen molar-refractivity contribution in [3.8, 4) is 0 Å². The predicted molar refractivity (Wildman–Crippen MR) is 127 cm³/mol. The van der Waals surface area contributed by atoms with Gasteiger partial charge in [0.05, 0.1) is 12.8 Å². The lowest BCUT2D eigenvalue weighted by molar-refractivity contribution is 0.0996. The van der Waals surface area contributed by atoms with Gasteiger partial charge in [-0.2, -0.15) is 0 Å². The first-order chi connectivity index (χ1) is 14.5. The van der Waals surface area contributed by atoms with Crippen LogP contribution in [0, 0.1) is 11.6 Å². The molecule has 0 saturated heterocycles. The molecule has 1 aromatic heterocycles. The first-order valence-corrected chi connectivity index (χ1v) is 9.45. The van der Waals surface area contributed by atoms with Crippen LogP contribution in [0.5, 0.6) is 0 Å². The maximum atomic E-state index is 13.8. The third-order valence-electron chi connectivity index (χ3n) is 4.17. The fourth-order valence-electron chi connectivity index (χ4n) is 2.66. The monoisotopic (exact) mass is 540 g/mol. The van der Waals surface area contributed by atoms with Crippen molar-refractivity contribution in [3.63, 3.8) is 0 Å². The van der Waals surface area contributed by atoms with E-state index in [1.807, 2.05) is 19.1 Å². The molecule has 6 nitrogen and oxygen atoms in total. The van der Waals surface area contributed by atoms with Gasteiger partial charge in [-0.25, -0.2) is 13.8 Å². The number of carbonyl (C=O) groups excluding carboxylic acids is 1. The van der Waals surface area contributed by atoms with Gasteiger partial charge in [-0.1, -0.05) is 12.1 Å². The Bertz CT molecular complexity index is 1010. The molecular formula is C22H23F2IN4O2. The van der Waals surface area contributed by atoms with E-state index >= 15 is 0 Å². The number of aliphatic imine (C=N–C) groups is 1. The predicted octanol–water partition coefficient (Wildman–Crippen LogP) is 4.68. The summed E-state index contributed by atoms with van der Waals surface area (Å²) >= 11 is 0. The van der Waals surface area contributed by atoms with Crippen molar-refractivity contribution in [2.75, 3.05) is 11.9 Å². The highest BCUT2D eigenvalue weighted by atomic mass is 127. The third kappa shape index (κ3) is 7.35. The number of carbonyl (C=O) groups is 1. The quantitative estimate of drug-likeness (QED) is 0.231. The average molecular weight is 540 g/mol. The van der Waals surface area contributed by atoms with Gasteiger partial charge in [0, 0.05) is 24.3 Å². The Balaban J connectivity index is 0.00000341. The van der Waals surface area contributed by atoms with Gasteiger partial charge >= 0.3 is 0 Å². The zero-order valence-electron chi connectivity index (χ0n) is 16.8. The van der Waals surface area contributed by atoms with E-state index in [-0.39, 0.29) is 47.8 Å². The summed E-state index contributed by atoms with van der Waals surface area (Å²) in [6, 6.07) is 13.8. The maximum Gasteiger partial charge on any atom is 0.291 e. The van der Waals surface area contributed by atoms with Crippen LogP contribution in [0.25, 0.3) is 0 Å². The number of rotatable bonds is 7. The van der Waals surface area contributed by atoms with Gasteiger partial charge < -0.3 is 20.4 Å². The SMILES string of the molecule is CCNC(=NCc1ccc(NC(=O)c2ccco2)cc1)NCc1cc(F)ccc1F.I. The van der Waals surface area contributed by atoms with E-state index in [4.69, 9.17) is 4.42 Å². The first-order valence-electron chi connectivity index (χ1n) is 9.45. The van der Waals surface area contributed by atoms with Crippen molar-refractivity contribution < 1.29 is 18.0 Å². The zero-order chi connectivity index (χ0) is 21.3. The minimum absolute atomic E-state index is 0. The van der Waals surface area contributed by atoms with Gasteiger partial charge in [0.1, 0.15) is 11.6 Å². The Morgan fingerprint density at radius 3 is 2.52 bits per heavy atom. The first kappa shape index (κ1) is 24.3. The average Bonchev–Trinajstić information content (AvgIpc) is 3.28. The summed E-state index contributed by atoms with van der Waals surface area (Å²) in [5, 5.41) is 8.80. The molecule has 0 saturated carbocycles. The number of benzene rings is 2. The normalized spacial score (nSPS) is 10.9. The van der Waals surface area contributed by atoms with E-state index in [9.17, 15) is 13.6 Å². The summed E-state index contributed by atoms with van der Waals surface area (Å²) in [7, 11) is 0. The standard InChI is InChI=1S/C22H22F2N4O2.HI/c1-2-25-22(27-14-16-12-17(23)7-10-19(16)24)26-13-15-5-8-18(9-6-15)28-21(29)20-4-3-11-30-20;/h3-12H,2,13-14H2,1H3,(H,28,29)(H2,25,26,27);1H. The molecule has 2 aromatic carbocycles. The van der Waals surface area contributed by atoms with Gasteiger partial charge in [-0.15, -0.1) is 24.0 Å². The molecule has 9 heteroatoms. The second kappa shape index (κ2) is 12.0. The number of anilines is 1. The van der Waals surface area contributed by atoms with E-state index in [0.29, 0.717) is 24.7 Å². The van der Waals surface area contributed by atoms with E-state index in [1.54, 1.807) is 24.3 Å². The number of amides is 1. The topological polar surface area (TPSA) is 78.7 Å². The van der Waals surface area contributed by atoms with Crippen LogP contribution in [0.4, 0.5) is 14.5 Å². The molecule has 0 unspecified atom stereocenters. The minimum Gasteiger partial charge on any atom is -0.459 e. The molecule has 0 aliphatic carbocycles. The van der Waals surface area contributed by atoms with Gasteiger partial charge in [0.15, 0.2) is 11.7 Å². The molecule has 0 bridgehead atoms. The van der Waals surface area contributed by atoms with Crippen molar-refractivity contribution >= 4 is 41.5 Å². The molecule has 3 rings (SSSR count). The molecule has 3 N–H and O–H groups in total. The number of hydrogen-bond acceptors (Lipinski definition) is 3. The van der Waals surface area contributed by atoms with Crippen molar-refractivity contribution in [2.45, 2.75) is 20.0 Å². The second-order valence-electron chi connectivity index (χ2n) is 6.41. The van der Waals surface area contributed by atoms with E-state index in [0.717, 1.165) is 23.8 Å². The van der Waals surface area contributed by atoms with E-state index in [1.165, 1.54) is 6.26 Å². The molecule has 164 valence electrons. The van der Waals surface area contributed by atoms with Gasteiger partial charge in [0.25, 0.3) is 5.91 Å². The summed E-state index contributed by atoms with van der Waals surface area (Å²) in [4.78, 5) is 16.4. The molecular weight excluding hydrogens is 517 g/mol. The Hall–Kier alpha value is -2.95. The number of furan rings is 1. The fraction of sp³-hybridized carbons (Fsp3) is 0.182. The molecule has 1 heterocycles. The van der Waals surface area contributed by atoms with Crippen molar-refractivity contribution in [3.05, 3.63) is 89.4 Å². The zero-order valence-corrected chi connectivity index (χ0v) is 19.2. The molecule has 0 aliphatic rings. The number of halogens is 3. The summed E-state index contributed by atoms with van der Waals surface area (Å²) < 4.78 is 32.1. The molecule has 1 amide bonds. The number of hydrogen-bond donors (Lipinski definition) is 3. The molecule has 0 aliphatic heterocycles. The Morgan fingerprint density at radius 1 is 1.06 bits per heavy atom. The number of nitrogens with zero attached hydrogens (tertiary/aromatic N) is 1. The molecule has 0 spiro atoms. The van der Waals surface area contributed by atoms with Crippen LogP contribution < -0.4 is 16.0 Å². The summed E-state index contributed by atoms with van der Waals surface area (Å²) in [6.45, 7) is 3.01. The smallest absolute Gasteiger partial charge is 0.291 e. The van der Waals surface area contributed by atoms with Crippen LogP contribution in [0.3, 0.4) is 0 Å². The highest BCUT2D eigenvalue weighted by Crippen LogP contribution is 2.13. The highest BCUT2D eigenvalue weighted by Gasteiger charge is 2.08. The van der Waals surface area contributed by atoms with Crippen LogP contribution in [0.15, 0.2) is 70.3 Å². The third-order valence-corrected chi connectivity index (χ3v) is 4.17. The molecule has 31 heavy (non-hydrogen) atoms. The molecule has 3 aromatic rings. The Labute approximate surface area is 196 Å². The van der Waals surface area contributed by atoms with E-state index in [2.05, 4.69) is 20.9 Å². The minimum atomic E-state index is -0.491.